The molecule has 0 aromatic heterocycles. The third-order valence-electron chi connectivity index (χ3n) is 5.72. The number of nitrogens with zero attached hydrogens (tertiary/aromatic N) is 1. The fourth-order valence-electron chi connectivity index (χ4n) is 4.49. The normalized spacial score (nSPS) is 23.6. The molecular weight excluding hydrogens is 357 g/mol. The number of amides is 1. The van der Waals surface area contributed by atoms with Crippen LogP contribution in [0.15, 0.2) is 48.5 Å². The van der Waals surface area contributed by atoms with Crippen LogP contribution >= 0.6 is 0 Å². The van der Waals surface area contributed by atoms with E-state index in [0.29, 0.717) is 38.0 Å². The van der Waals surface area contributed by atoms with E-state index in [4.69, 9.17) is 10.5 Å². The van der Waals surface area contributed by atoms with Crippen molar-refractivity contribution in [3.05, 3.63) is 65.5 Å². The predicted molar refractivity (Wildman–Crippen MR) is 105 cm³/mol. The minimum Gasteiger partial charge on any atom is -0.492 e. The van der Waals surface area contributed by atoms with Gasteiger partial charge in [-0.05, 0) is 41.3 Å². The van der Waals surface area contributed by atoms with Gasteiger partial charge in [-0.1, -0.05) is 24.3 Å². The summed E-state index contributed by atoms with van der Waals surface area (Å²) in [5, 5.41) is 3.42. The second-order valence-electron chi connectivity index (χ2n) is 7.59. The molecule has 2 aliphatic heterocycles. The van der Waals surface area contributed by atoms with Gasteiger partial charge in [0.05, 0.1) is 12.5 Å². The van der Waals surface area contributed by atoms with Crippen molar-refractivity contribution in [2.75, 3.05) is 32.8 Å². The molecule has 0 unspecified atom stereocenters. The van der Waals surface area contributed by atoms with Crippen molar-refractivity contribution in [2.24, 2.45) is 17.6 Å². The van der Waals surface area contributed by atoms with Gasteiger partial charge in [-0.2, -0.15) is 0 Å². The van der Waals surface area contributed by atoms with Crippen LogP contribution in [0.5, 0.6) is 5.75 Å². The van der Waals surface area contributed by atoms with Crippen molar-refractivity contribution in [2.45, 2.75) is 12.5 Å². The number of nitrogens with one attached hydrogen (secondary N) is 1. The molecule has 148 valence electrons. The van der Waals surface area contributed by atoms with Gasteiger partial charge in [0, 0.05) is 32.1 Å². The van der Waals surface area contributed by atoms with E-state index in [2.05, 4.69) is 5.32 Å². The summed E-state index contributed by atoms with van der Waals surface area (Å²) in [7, 11) is 0. The highest BCUT2D eigenvalue weighted by Crippen LogP contribution is 2.43. The Labute approximate surface area is 164 Å². The molecule has 2 aliphatic rings. The zero-order valence-electron chi connectivity index (χ0n) is 15.8. The molecule has 6 heteroatoms. The molecule has 0 radical (unpaired) electrons. The van der Waals surface area contributed by atoms with Gasteiger partial charge in [0.25, 0.3) is 0 Å². The second-order valence-corrected chi connectivity index (χ2v) is 7.59. The van der Waals surface area contributed by atoms with Crippen LogP contribution in [0.2, 0.25) is 0 Å². The summed E-state index contributed by atoms with van der Waals surface area (Å²) in [6.45, 7) is 3.37. The van der Waals surface area contributed by atoms with Crippen LogP contribution < -0.4 is 15.8 Å². The van der Waals surface area contributed by atoms with Crippen molar-refractivity contribution in [3.8, 4) is 5.75 Å². The first-order valence-electron chi connectivity index (χ1n) is 9.83. The third kappa shape index (κ3) is 3.88. The molecule has 2 fully saturated rings. The molecule has 2 aromatic carbocycles. The largest absolute Gasteiger partial charge is 0.492 e. The molecule has 0 saturated carbocycles. The van der Waals surface area contributed by atoms with E-state index in [1.54, 1.807) is 12.1 Å². The maximum Gasteiger partial charge on any atom is 0.227 e. The van der Waals surface area contributed by atoms with Gasteiger partial charge >= 0.3 is 0 Å². The zero-order valence-corrected chi connectivity index (χ0v) is 15.8. The summed E-state index contributed by atoms with van der Waals surface area (Å²) < 4.78 is 19.4. The number of likely N-dealkylation sites (tertiary alicyclic amines) is 1. The van der Waals surface area contributed by atoms with Crippen LogP contribution in [0.1, 0.15) is 17.2 Å². The number of hydrogen-bond donors (Lipinski definition) is 2. The Balaban J connectivity index is 1.54. The van der Waals surface area contributed by atoms with Crippen LogP contribution in [0, 0.1) is 17.7 Å². The van der Waals surface area contributed by atoms with Crippen LogP contribution in [0.25, 0.3) is 0 Å². The number of ether oxygens (including phenoxy) is 1. The Morgan fingerprint density at radius 1 is 1.21 bits per heavy atom. The van der Waals surface area contributed by atoms with Gasteiger partial charge in [0.2, 0.25) is 5.91 Å². The summed E-state index contributed by atoms with van der Waals surface area (Å²) in [4.78, 5) is 15.1. The van der Waals surface area contributed by atoms with Crippen molar-refractivity contribution in [1.82, 2.24) is 10.2 Å². The summed E-state index contributed by atoms with van der Waals surface area (Å²) in [5.74, 6) is 1.27. The smallest absolute Gasteiger partial charge is 0.227 e. The summed E-state index contributed by atoms with van der Waals surface area (Å²) in [6.07, 6.45) is 0.304. The van der Waals surface area contributed by atoms with E-state index < -0.39 is 0 Å². The molecule has 0 aliphatic carbocycles. The number of rotatable bonds is 6. The van der Waals surface area contributed by atoms with Crippen molar-refractivity contribution in [1.29, 1.82) is 0 Å². The molecule has 0 spiro atoms. The van der Waals surface area contributed by atoms with Crippen molar-refractivity contribution in [3.63, 3.8) is 0 Å². The molecule has 5 nitrogen and oxygen atoms in total. The van der Waals surface area contributed by atoms with Gasteiger partial charge < -0.3 is 20.7 Å². The van der Waals surface area contributed by atoms with E-state index >= 15 is 0 Å². The van der Waals surface area contributed by atoms with Gasteiger partial charge in [-0.15, -0.1) is 0 Å². The van der Waals surface area contributed by atoms with E-state index in [-0.39, 0.29) is 17.8 Å². The maximum absolute atomic E-state index is 13.8. The molecule has 28 heavy (non-hydrogen) atoms. The van der Waals surface area contributed by atoms with Crippen LogP contribution in [-0.4, -0.2) is 43.6 Å². The minimum absolute atomic E-state index is 0.0691. The van der Waals surface area contributed by atoms with Crippen molar-refractivity contribution < 1.29 is 13.9 Å². The number of benzene rings is 2. The number of nitrogens with two attached hydrogens (primary N) is 1. The minimum atomic E-state index is -0.260. The Morgan fingerprint density at radius 3 is 2.89 bits per heavy atom. The lowest BCUT2D eigenvalue weighted by atomic mass is 9.89. The first-order valence-corrected chi connectivity index (χ1v) is 9.83. The second kappa shape index (κ2) is 8.29. The molecule has 3 atom stereocenters. The highest BCUT2D eigenvalue weighted by atomic mass is 19.1. The third-order valence-corrected chi connectivity index (χ3v) is 5.72. The Morgan fingerprint density at radius 2 is 2.07 bits per heavy atom. The van der Waals surface area contributed by atoms with Gasteiger partial charge in [-0.25, -0.2) is 4.39 Å². The monoisotopic (exact) mass is 383 g/mol. The Hall–Kier alpha value is -2.44. The van der Waals surface area contributed by atoms with E-state index in [9.17, 15) is 9.18 Å². The lowest BCUT2D eigenvalue weighted by molar-refractivity contribution is -0.131. The molecule has 4 rings (SSSR count). The molecule has 2 aromatic rings. The zero-order chi connectivity index (χ0) is 19.5. The SMILES string of the molecule is NCCOc1cccc(CC(=O)N2C[C@@H]3CNC[C@@H]3[C@@H]2c2cccc(F)c2)c1. The maximum atomic E-state index is 13.8. The summed E-state index contributed by atoms with van der Waals surface area (Å²) in [6, 6.07) is 14.2. The number of hydrogen-bond acceptors (Lipinski definition) is 4. The lowest BCUT2D eigenvalue weighted by Crippen LogP contribution is -2.35. The average molecular weight is 383 g/mol. The quantitative estimate of drug-likeness (QED) is 0.802. The Bertz CT molecular complexity index is 844. The molecule has 1 amide bonds. The first-order chi connectivity index (χ1) is 13.7. The van der Waals surface area contributed by atoms with Gasteiger partial charge in [0.1, 0.15) is 18.2 Å². The number of carbonyl (C=O) groups excluding carboxylic acids is 1. The molecular formula is C22H26FN3O2. The van der Waals surface area contributed by atoms with E-state index in [1.807, 2.05) is 35.2 Å². The molecule has 2 saturated heterocycles. The van der Waals surface area contributed by atoms with Crippen LogP contribution in [0.3, 0.4) is 0 Å². The topological polar surface area (TPSA) is 67.6 Å². The van der Waals surface area contributed by atoms with E-state index in [1.165, 1.54) is 6.07 Å². The van der Waals surface area contributed by atoms with Crippen LogP contribution in [-0.2, 0) is 11.2 Å². The molecule has 0 bridgehead atoms. The fourth-order valence-corrected chi connectivity index (χ4v) is 4.49. The Kier molecular flexibility index (Phi) is 5.59. The average Bonchev–Trinajstić information content (AvgIpc) is 3.27. The predicted octanol–water partition coefficient (Wildman–Crippen LogP) is 2.12. The highest BCUT2D eigenvalue weighted by molar-refractivity contribution is 5.80. The number of fused-ring (bicyclic) bond motifs is 1. The number of carbonyl (C=O) groups is 1. The number of halogens is 1. The fraction of sp³-hybridized carbons (Fsp3) is 0.409. The van der Waals surface area contributed by atoms with E-state index in [0.717, 1.165) is 30.0 Å². The lowest BCUT2D eigenvalue weighted by Gasteiger charge is -2.28. The summed E-state index contributed by atoms with van der Waals surface area (Å²) >= 11 is 0. The van der Waals surface area contributed by atoms with Crippen molar-refractivity contribution >= 4 is 5.91 Å². The van der Waals surface area contributed by atoms with Gasteiger partial charge in [0.15, 0.2) is 0 Å². The highest BCUT2D eigenvalue weighted by Gasteiger charge is 2.46. The van der Waals surface area contributed by atoms with Crippen LogP contribution in [0.4, 0.5) is 4.39 Å². The standard InChI is InChI=1S/C22H26FN3O2/c23-18-5-2-4-16(11-18)22-20-13-25-12-17(20)14-26(22)21(27)10-15-3-1-6-19(9-15)28-8-7-24/h1-6,9,11,17,20,22,25H,7-8,10,12-14,24H2/t17-,20-,22-/m0/s1. The van der Waals surface area contributed by atoms with Gasteiger partial charge in [-0.3, -0.25) is 4.79 Å². The molecule has 3 N–H and O–H groups in total. The molecule has 2 heterocycles. The first kappa shape index (κ1) is 18.9. The summed E-state index contributed by atoms with van der Waals surface area (Å²) in [5.41, 5.74) is 7.28.